The Morgan fingerprint density at radius 1 is 1.06 bits per heavy atom. The highest BCUT2D eigenvalue weighted by Crippen LogP contribution is 2.41. The van der Waals surface area contributed by atoms with Gasteiger partial charge in [0.2, 0.25) is 6.79 Å². The highest BCUT2D eigenvalue weighted by molar-refractivity contribution is 5.83. The number of aromatic nitrogens is 1. The van der Waals surface area contributed by atoms with Crippen LogP contribution >= 0.6 is 0 Å². The molecule has 0 bridgehead atoms. The molecule has 0 amide bonds. The van der Waals surface area contributed by atoms with Gasteiger partial charge in [-0.2, -0.15) is 0 Å². The third-order valence-electron chi connectivity index (χ3n) is 3.20. The van der Waals surface area contributed by atoms with Gasteiger partial charge >= 0.3 is 0 Å². The maximum Gasteiger partial charge on any atom is 0.231 e. The Kier molecular flexibility index (Phi) is 1.51. The lowest BCUT2D eigenvalue weighted by molar-refractivity contribution is 0.174. The van der Waals surface area contributed by atoms with Crippen LogP contribution in [0.4, 0.5) is 0 Å². The predicted molar refractivity (Wildman–Crippen MR) is 59.8 cm³/mol. The number of nitrogens with zero attached hydrogens (tertiary/aromatic N) is 1. The molecule has 2 aromatic rings. The molecule has 0 atom stereocenters. The molecular formula is C13H11NO2. The van der Waals surface area contributed by atoms with Crippen LogP contribution in [-0.2, 0) is 0 Å². The van der Waals surface area contributed by atoms with E-state index in [1.165, 1.54) is 18.5 Å². The highest BCUT2D eigenvalue weighted by Gasteiger charge is 2.25. The second-order valence-corrected chi connectivity index (χ2v) is 4.41. The molecule has 2 heterocycles. The summed E-state index contributed by atoms with van der Waals surface area (Å²) in [6.07, 6.45) is 2.56. The van der Waals surface area contributed by atoms with Gasteiger partial charge in [-0.1, -0.05) is 6.07 Å². The van der Waals surface area contributed by atoms with Gasteiger partial charge in [-0.05, 0) is 25.0 Å². The quantitative estimate of drug-likeness (QED) is 0.729. The van der Waals surface area contributed by atoms with Crippen LogP contribution in [0.15, 0.2) is 24.3 Å². The molecule has 1 fully saturated rings. The molecule has 2 aliphatic rings. The lowest BCUT2D eigenvalue weighted by Crippen LogP contribution is -1.92. The summed E-state index contributed by atoms with van der Waals surface area (Å²) in [4.78, 5) is 4.68. The molecule has 1 aromatic heterocycles. The first-order valence-electron chi connectivity index (χ1n) is 5.60. The van der Waals surface area contributed by atoms with Gasteiger partial charge in [-0.15, -0.1) is 0 Å². The van der Waals surface area contributed by atoms with Gasteiger partial charge in [-0.25, -0.2) is 0 Å². The van der Waals surface area contributed by atoms with Crippen LogP contribution in [0.2, 0.25) is 0 Å². The third kappa shape index (κ3) is 1.18. The van der Waals surface area contributed by atoms with Gasteiger partial charge < -0.3 is 9.47 Å². The molecule has 1 aromatic carbocycles. The number of hydrogen-bond donors (Lipinski definition) is 0. The summed E-state index contributed by atoms with van der Waals surface area (Å²) < 4.78 is 10.7. The minimum absolute atomic E-state index is 0.321. The Hall–Kier alpha value is -1.77. The molecule has 0 spiro atoms. The summed E-state index contributed by atoms with van der Waals surface area (Å²) >= 11 is 0. The van der Waals surface area contributed by atoms with E-state index in [9.17, 15) is 0 Å². The average Bonchev–Trinajstić information content (AvgIpc) is 3.06. The Bertz CT molecular complexity index is 575. The van der Waals surface area contributed by atoms with Gasteiger partial charge in [0.05, 0.1) is 5.52 Å². The van der Waals surface area contributed by atoms with E-state index in [4.69, 9.17) is 9.47 Å². The summed E-state index contributed by atoms with van der Waals surface area (Å²) in [5, 5.41) is 1.12. The van der Waals surface area contributed by atoms with E-state index in [1.807, 2.05) is 12.1 Å². The molecule has 0 radical (unpaired) electrons. The molecule has 1 saturated carbocycles. The Labute approximate surface area is 93.0 Å². The Balaban J connectivity index is 1.93. The summed E-state index contributed by atoms with van der Waals surface area (Å²) in [6.45, 7) is 0.321. The lowest BCUT2D eigenvalue weighted by Gasteiger charge is -2.03. The van der Waals surface area contributed by atoms with E-state index in [2.05, 4.69) is 17.1 Å². The first kappa shape index (κ1) is 8.39. The number of fused-ring (bicyclic) bond motifs is 2. The zero-order valence-corrected chi connectivity index (χ0v) is 8.77. The molecule has 4 rings (SSSR count). The fraction of sp³-hybridized carbons (Fsp3) is 0.308. The summed E-state index contributed by atoms with van der Waals surface area (Å²) in [5.41, 5.74) is 2.22. The van der Waals surface area contributed by atoms with Crippen molar-refractivity contribution in [2.24, 2.45) is 0 Å². The summed E-state index contributed by atoms with van der Waals surface area (Å²) in [6, 6.07) is 8.23. The minimum Gasteiger partial charge on any atom is -0.454 e. The smallest absolute Gasteiger partial charge is 0.231 e. The molecule has 3 heteroatoms. The molecule has 0 unspecified atom stereocenters. The van der Waals surface area contributed by atoms with Crippen LogP contribution in [0.1, 0.15) is 24.5 Å². The van der Waals surface area contributed by atoms with Crippen LogP contribution in [-0.4, -0.2) is 11.8 Å². The number of benzene rings is 1. The van der Waals surface area contributed by atoms with E-state index in [1.54, 1.807) is 0 Å². The number of ether oxygens (including phenoxy) is 2. The van der Waals surface area contributed by atoms with Crippen molar-refractivity contribution in [2.45, 2.75) is 18.8 Å². The maximum atomic E-state index is 5.36. The van der Waals surface area contributed by atoms with Gasteiger partial charge in [0.25, 0.3) is 0 Å². The molecule has 1 aliphatic heterocycles. The topological polar surface area (TPSA) is 31.4 Å². The fourth-order valence-corrected chi connectivity index (χ4v) is 2.14. The van der Waals surface area contributed by atoms with Crippen LogP contribution in [0.25, 0.3) is 10.9 Å². The normalized spacial score (nSPS) is 18.0. The second-order valence-electron chi connectivity index (χ2n) is 4.41. The molecule has 80 valence electrons. The predicted octanol–water partition coefficient (Wildman–Crippen LogP) is 2.84. The van der Waals surface area contributed by atoms with Crippen LogP contribution in [0.5, 0.6) is 11.5 Å². The van der Waals surface area contributed by atoms with E-state index < -0.39 is 0 Å². The molecule has 0 N–H and O–H groups in total. The van der Waals surface area contributed by atoms with Crippen LogP contribution in [0, 0.1) is 0 Å². The average molecular weight is 213 g/mol. The van der Waals surface area contributed by atoms with E-state index in [0.29, 0.717) is 12.7 Å². The molecule has 16 heavy (non-hydrogen) atoms. The van der Waals surface area contributed by atoms with Gasteiger partial charge in [0.15, 0.2) is 11.5 Å². The van der Waals surface area contributed by atoms with E-state index >= 15 is 0 Å². The third-order valence-corrected chi connectivity index (χ3v) is 3.20. The maximum absolute atomic E-state index is 5.36. The molecular weight excluding hydrogens is 202 g/mol. The van der Waals surface area contributed by atoms with Crippen molar-refractivity contribution in [1.82, 2.24) is 4.98 Å². The first-order chi connectivity index (χ1) is 7.90. The highest BCUT2D eigenvalue weighted by atomic mass is 16.7. The fourth-order valence-electron chi connectivity index (χ4n) is 2.14. The molecule has 0 saturated heterocycles. The van der Waals surface area contributed by atoms with Gasteiger partial charge in [0.1, 0.15) is 0 Å². The van der Waals surface area contributed by atoms with Crippen molar-refractivity contribution in [3.63, 3.8) is 0 Å². The van der Waals surface area contributed by atoms with Gasteiger partial charge in [0, 0.05) is 23.1 Å². The van der Waals surface area contributed by atoms with Crippen molar-refractivity contribution in [3.8, 4) is 11.5 Å². The van der Waals surface area contributed by atoms with Crippen molar-refractivity contribution in [2.75, 3.05) is 6.79 Å². The summed E-state index contributed by atoms with van der Waals surface area (Å²) in [7, 11) is 0. The van der Waals surface area contributed by atoms with E-state index in [-0.39, 0.29) is 0 Å². The number of hydrogen-bond acceptors (Lipinski definition) is 3. The zero-order valence-electron chi connectivity index (χ0n) is 8.77. The van der Waals surface area contributed by atoms with Crippen LogP contribution in [0.3, 0.4) is 0 Å². The van der Waals surface area contributed by atoms with Gasteiger partial charge in [-0.3, -0.25) is 4.98 Å². The van der Waals surface area contributed by atoms with Crippen molar-refractivity contribution in [3.05, 3.63) is 30.0 Å². The lowest BCUT2D eigenvalue weighted by atomic mass is 10.1. The monoisotopic (exact) mass is 213 g/mol. The van der Waals surface area contributed by atoms with E-state index in [0.717, 1.165) is 22.4 Å². The number of rotatable bonds is 1. The minimum atomic E-state index is 0.321. The molecule has 3 nitrogen and oxygen atoms in total. The van der Waals surface area contributed by atoms with Crippen molar-refractivity contribution < 1.29 is 9.47 Å². The zero-order chi connectivity index (χ0) is 10.5. The van der Waals surface area contributed by atoms with Crippen molar-refractivity contribution in [1.29, 1.82) is 0 Å². The Morgan fingerprint density at radius 3 is 2.69 bits per heavy atom. The number of pyridine rings is 1. The largest absolute Gasteiger partial charge is 0.454 e. The van der Waals surface area contributed by atoms with Crippen molar-refractivity contribution >= 4 is 10.9 Å². The Morgan fingerprint density at radius 2 is 1.88 bits per heavy atom. The first-order valence-corrected chi connectivity index (χ1v) is 5.60. The molecule has 1 aliphatic carbocycles. The second kappa shape index (κ2) is 2.88. The standard InChI is InChI=1S/C13H11NO2/c1-2-8(1)10-4-3-9-5-12-13(16-7-15-12)6-11(9)14-10/h3-6,8H,1-2,7H2. The SMILES string of the molecule is c1cc2cc3c(cc2nc1C1CC1)OCO3. The van der Waals surface area contributed by atoms with Crippen LogP contribution < -0.4 is 9.47 Å². The summed E-state index contributed by atoms with van der Waals surface area (Å²) in [5.74, 6) is 2.33.